The number of carboxylic acid groups (broad SMARTS) is 2. The molecule has 1 unspecified atom stereocenters. The number of alkyl halides is 6. The average Bonchev–Trinajstić information content (AvgIpc) is 2.82. The van der Waals surface area contributed by atoms with Crippen molar-refractivity contribution in [2.24, 2.45) is 0 Å². The van der Waals surface area contributed by atoms with Gasteiger partial charge in [-0.3, -0.25) is 4.90 Å². The SMILES string of the molecule is CCN1CCCCC1CN1CCC(Oc2ccc(C)cc2)CC1.O=C(O)C(F)(F)F.O=C(O)C(F)(F)F. The van der Waals surface area contributed by atoms with Gasteiger partial charge in [0, 0.05) is 25.7 Å². The maximum atomic E-state index is 10.6. The summed E-state index contributed by atoms with van der Waals surface area (Å²) in [6.07, 6.45) is -3.28. The first-order valence-electron chi connectivity index (χ1n) is 11.9. The van der Waals surface area contributed by atoms with Crippen LogP contribution in [0, 0.1) is 6.92 Å². The molecule has 212 valence electrons. The third-order valence-electron chi connectivity index (χ3n) is 5.97. The Morgan fingerprint density at radius 3 is 1.81 bits per heavy atom. The molecule has 0 amide bonds. The molecule has 13 heteroatoms. The number of aliphatic carboxylic acids is 2. The highest BCUT2D eigenvalue weighted by molar-refractivity contribution is 5.73. The topological polar surface area (TPSA) is 90.3 Å². The van der Waals surface area contributed by atoms with Gasteiger partial charge in [0.1, 0.15) is 11.9 Å². The number of rotatable bonds is 5. The Labute approximate surface area is 212 Å². The van der Waals surface area contributed by atoms with Crippen LogP contribution in [-0.2, 0) is 9.59 Å². The third-order valence-corrected chi connectivity index (χ3v) is 5.97. The number of aryl methyl sites for hydroxylation is 1. The maximum Gasteiger partial charge on any atom is 0.490 e. The summed E-state index contributed by atoms with van der Waals surface area (Å²) in [7, 11) is 0. The molecule has 2 N–H and O–H groups in total. The normalized spacial score (nSPS) is 19.6. The van der Waals surface area contributed by atoms with Gasteiger partial charge in [-0.1, -0.05) is 31.0 Å². The molecule has 2 saturated heterocycles. The molecule has 1 atom stereocenters. The van der Waals surface area contributed by atoms with Gasteiger partial charge in [0.05, 0.1) is 0 Å². The summed E-state index contributed by atoms with van der Waals surface area (Å²) < 4.78 is 69.6. The predicted octanol–water partition coefficient (Wildman–Crippen LogP) is 4.98. The summed E-state index contributed by atoms with van der Waals surface area (Å²) in [5.74, 6) is -4.49. The minimum Gasteiger partial charge on any atom is -0.490 e. The lowest BCUT2D eigenvalue weighted by Crippen LogP contribution is -2.49. The number of likely N-dealkylation sites (N-methyl/N-ethyl adjacent to an activating group) is 1. The van der Waals surface area contributed by atoms with Crippen LogP contribution in [0.3, 0.4) is 0 Å². The minimum absolute atomic E-state index is 0.391. The summed E-state index contributed by atoms with van der Waals surface area (Å²) in [5.41, 5.74) is 1.29. The number of nitrogens with zero attached hydrogens (tertiary/aromatic N) is 2. The van der Waals surface area contributed by atoms with Gasteiger partial charge >= 0.3 is 24.3 Å². The number of piperidine rings is 2. The zero-order chi connectivity index (χ0) is 28.2. The lowest BCUT2D eigenvalue weighted by molar-refractivity contribution is -0.193. The predicted molar refractivity (Wildman–Crippen MR) is 124 cm³/mol. The summed E-state index contributed by atoms with van der Waals surface area (Å²) in [6.45, 7) is 10.6. The van der Waals surface area contributed by atoms with E-state index in [1.165, 1.54) is 57.5 Å². The smallest absolute Gasteiger partial charge is 0.490 e. The highest BCUT2D eigenvalue weighted by Gasteiger charge is 2.38. The summed E-state index contributed by atoms with van der Waals surface area (Å²) in [5, 5.41) is 14.2. The number of likely N-dealkylation sites (tertiary alicyclic amines) is 2. The van der Waals surface area contributed by atoms with Gasteiger partial charge < -0.3 is 19.8 Å². The van der Waals surface area contributed by atoms with Gasteiger partial charge in [0.2, 0.25) is 0 Å². The van der Waals surface area contributed by atoms with Gasteiger partial charge in [-0.15, -0.1) is 0 Å². The Kier molecular flexibility index (Phi) is 13.2. The van der Waals surface area contributed by atoms with Crippen molar-refractivity contribution in [2.45, 2.75) is 70.4 Å². The molecule has 2 aliphatic rings. The van der Waals surface area contributed by atoms with Gasteiger partial charge in [0.25, 0.3) is 0 Å². The molecule has 1 aromatic carbocycles. The van der Waals surface area contributed by atoms with Gasteiger partial charge in [-0.2, -0.15) is 26.3 Å². The number of ether oxygens (including phenoxy) is 1. The molecule has 0 aromatic heterocycles. The van der Waals surface area contributed by atoms with E-state index in [-0.39, 0.29) is 0 Å². The highest BCUT2D eigenvalue weighted by atomic mass is 19.4. The molecule has 37 heavy (non-hydrogen) atoms. The van der Waals surface area contributed by atoms with E-state index < -0.39 is 24.3 Å². The van der Waals surface area contributed by atoms with E-state index in [2.05, 4.69) is 47.9 Å². The van der Waals surface area contributed by atoms with E-state index in [9.17, 15) is 26.3 Å². The Hall–Kier alpha value is -2.54. The van der Waals surface area contributed by atoms with Crippen LogP contribution in [0.4, 0.5) is 26.3 Å². The zero-order valence-electron chi connectivity index (χ0n) is 20.8. The molecule has 3 rings (SSSR count). The number of halogens is 6. The third kappa shape index (κ3) is 13.0. The fraction of sp³-hybridized carbons (Fsp3) is 0.667. The van der Waals surface area contributed by atoms with Crippen LogP contribution in [0.2, 0.25) is 0 Å². The van der Waals surface area contributed by atoms with E-state index in [1.807, 2.05) is 0 Å². The highest BCUT2D eigenvalue weighted by Crippen LogP contribution is 2.22. The summed E-state index contributed by atoms with van der Waals surface area (Å²) in [6, 6.07) is 9.24. The maximum absolute atomic E-state index is 10.6. The molecular formula is C24H34F6N2O5. The van der Waals surface area contributed by atoms with Crippen molar-refractivity contribution >= 4 is 11.9 Å². The van der Waals surface area contributed by atoms with Crippen molar-refractivity contribution in [1.82, 2.24) is 9.80 Å². The fourth-order valence-corrected chi connectivity index (χ4v) is 4.00. The van der Waals surface area contributed by atoms with Crippen molar-refractivity contribution in [1.29, 1.82) is 0 Å². The van der Waals surface area contributed by atoms with E-state index in [1.54, 1.807) is 0 Å². The quantitative estimate of drug-likeness (QED) is 0.506. The number of benzene rings is 1. The van der Waals surface area contributed by atoms with Crippen molar-refractivity contribution in [3.63, 3.8) is 0 Å². The zero-order valence-corrected chi connectivity index (χ0v) is 20.8. The molecule has 7 nitrogen and oxygen atoms in total. The first kappa shape index (κ1) is 32.5. The Bertz CT molecular complexity index is 800. The van der Waals surface area contributed by atoms with Crippen molar-refractivity contribution in [2.75, 3.05) is 32.7 Å². The van der Waals surface area contributed by atoms with E-state index in [0.29, 0.717) is 6.10 Å². The molecule has 0 saturated carbocycles. The number of hydrogen-bond donors (Lipinski definition) is 2. The Morgan fingerprint density at radius 1 is 0.892 bits per heavy atom. The lowest BCUT2D eigenvalue weighted by Gasteiger charge is -2.40. The van der Waals surface area contributed by atoms with Gasteiger partial charge in [-0.25, -0.2) is 9.59 Å². The average molecular weight is 545 g/mol. The number of carbonyl (C=O) groups is 2. The molecule has 1 aromatic rings. The standard InChI is InChI=1S/C20H32N2O.2C2HF3O2/c1-3-22-13-5-4-6-18(22)16-21-14-11-20(12-15-21)23-19-9-7-17(2)8-10-19;2*3-2(4,5)1(6)7/h7-10,18,20H,3-6,11-16H2,1-2H3;2*(H,6,7). The Balaban J connectivity index is 0.000000404. The van der Waals surface area contributed by atoms with Crippen LogP contribution in [-0.4, -0.2) is 89.2 Å². The Morgan fingerprint density at radius 2 is 1.38 bits per heavy atom. The molecule has 2 fully saturated rings. The second-order valence-corrected chi connectivity index (χ2v) is 8.81. The van der Waals surface area contributed by atoms with Gasteiger partial charge in [-0.05, 0) is 57.8 Å². The molecule has 0 aliphatic carbocycles. The number of hydrogen-bond acceptors (Lipinski definition) is 5. The monoisotopic (exact) mass is 544 g/mol. The molecular weight excluding hydrogens is 510 g/mol. The van der Waals surface area contributed by atoms with Crippen molar-refractivity contribution in [3.05, 3.63) is 29.8 Å². The largest absolute Gasteiger partial charge is 0.490 e. The van der Waals surface area contributed by atoms with Crippen LogP contribution in [0.15, 0.2) is 24.3 Å². The van der Waals surface area contributed by atoms with Crippen LogP contribution >= 0.6 is 0 Å². The van der Waals surface area contributed by atoms with Crippen LogP contribution in [0.25, 0.3) is 0 Å². The van der Waals surface area contributed by atoms with Crippen LogP contribution < -0.4 is 4.74 Å². The van der Waals surface area contributed by atoms with Crippen LogP contribution in [0.5, 0.6) is 5.75 Å². The first-order chi connectivity index (χ1) is 17.1. The molecule has 0 radical (unpaired) electrons. The fourth-order valence-electron chi connectivity index (χ4n) is 4.00. The summed E-state index contributed by atoms with van der Waals surface area (Å²) in [4.78, 5) is 23.1. The molecule has 2 heterocycles. The second-order valence-electron chi connectivity index (χ2n) is 8.81. The van der Waals surface area contributed by atoms with Gasteiger partial charge in [0.15, 0.2) is 0 Å². The molecule has 0 spiro atoms. The minimum atomic E-state index is -5.08. The number of carboxylic acids is 2. The molecule has 0 bridgehead atoms. The van der Waals surface area contributed by atoms with Crippen molar-refractivity contribution in [3.8, 4) is 5.75 Å². The first-order valence-corrected chi connectivity index (χ1v) is 11.9. The lowest BCUT2D eigenvalue weighted by atomic mass is 10.00. The van der Waals surface area contributed by atoms with E-state index >= 15 is 0 Å². The second kappa shape index (κ2) is 15.0. The van der Waals surface area contributed by atoms with Crippen LogP contribution in [0.1, 0.15) is 44.6 Å². The molecule has 2 aliphatic heterocycles. The van der Waals surface area contributed by atoms with E-state index in [0.717, 1.165) is 24.6 Å². The van der Waals surface area contributed by atoms with Crippen molar-refractivity contribution < 1.29 is 50.9 Å². The van der Waals surface area contributed by atoms with E-state index in [4.69, 9.17) is 24.5 Å². The summed E-state index contributed by atoms with van der Waals surface area (Å²) >= 11 is 0.